The Kier molecular flexibility index (Phi) is 24.0. The van der Waals surface area contributed by atoms with Crippen molar-refractivity contribution in [1.29, 1.82) is 0 Å². The summed E-state index contributed by atoms with van der Waals surface area (Å²) < 4.78 is 23.7. The molecular weight excluding hydrogens is 855 g/mol. The van der Waals surface area contributed by atoms with Gasteiger partial charge >= 0.3 is 12.2 Å². The number of amides is 4. The number of likely N-dealkylation sites (N-methyl/N-ethyl adjacent to an activating group) is 4. The summed E-state index contributed by atoms with van der Waals surface area (Å²) in [6.45, 7) is 22.1. The zero-order chi connectivity index (χ0) is 51.1. The number of benzene rings is 1. The Labute approximate surface area is 403 Å². The zero-order valence-electron chi connectivity index (χ0n) is 44.5. The summed E-state index contributed by atoms with van der Waals surface area (Å²) in [4.78, 5) is 91.0. The Bertz CT molecular complexity index is 1730. The highest BCUT2D eigenvalue weighted by molar-refractivity contribution is 5.90. The van der Waals surface area contributed by atoms with Crippen LogP contribution in [0, 0.1) is 35.5 Å². The Hall–Kier alpha value is -4.08. The van der Waals surface area contributed by atoms with E-state index in [9.17, 15) is 28.8 Å². The first-order valence-electron chi connectivity index (χ1n) is 24.5. The van der Waals surface area contributed by atoms with E-state index in [2.05, 4.69) is 13.8 Å². The minimum absolute atomic E-state index is 0.0204. The van der Waals surface area contributed by atoms with Crippen LogP contribution in [0.4, 0.5) is 9.59 Å². The molecule has 1 saturated heterocycles. The summed E-state index contributed by atoms with van der Waals surface area (Å²) in [6.07, 6.45) is -0.718. The topological polar surface area (TPSA) is 156 Å². The first-order valence-corrected chi connectivity index (χ1v) is 24.5. The molecule has 0 aromatic heterocycles. The van der Waals surface area contributed by atoms with E-state index in [1.54, 1.807) is 61.0 Å². The molecule has 1 aliphatic heterocycles. The number of carbonyl (C=O) groups is 6. The number of carbonyl (C=O) groups excluding carboxylic acids is 6. The summed E-state index contributed by atoms with van der Waals surface area (Å²) in [6, 6.07) is 8.19. The largest absolute Gasteiger partial charge is 0.444 e. The molecule has 4 amide bonds. The van der Waals surface area contributed by atoms with Gasteiger partial charge in [-0.1, -0.05) is 92.1 Å². The first-order chi connectivity index (χ1) is 31.2. The number of hydrogen-bond donors (Lipinski definition) is 0. The average Bonchev–Trinajstić information content (AvgIpc) is 3.74. The molecule has 15 heteroatoms. The van der Waals surface area contributed by atoms with Gasteiger partial charge < -0.3 is 38.5 Å². The van der Waals surface area contributed by atoms with Gasteiger partial charge in [0.2, 0.25) is 11.8 Å². The molecule has 1 aromatic rings. The molecule has 2 rings (SSSR count). The van der Waals surface area contributed by atoms with Gasteiger partial charge in [-0.25, -0.2) is 9.59 Å². The van der Waals surface area contributed by atoms with Crippen molar-refractivity contribution in [3.63, 3.8) is 0 Å². The molecule has 382 valence electrons. The molecular formula is C52H89N5O10. The van der Waals surface area contributed by atoms with Gasteiger partial charge in [-0.05, 0) is 71.0 Å². The molecule has 1 heterocycles. The van der Waals surface area contributed by atoms with Crippen LogP contribution in [0.1, 0.15) is 126 Å². The number of nitrogens with zero attached hydrogens (tertiary/aromatic N) is 5. The van der Waals surface area contributed by atoms with Crippen molar-refractivity contribution in [3.05, 3.63) is 35.9 Å². The quantitative estimate of drug-likeness (QED) is 0.0888. The molecule has 10 atom stereocenters. The van der Waals surface area contributed by atoms with E-state index in [1.807, 2.05) is 95.8 Å². The lowest BCUT2D eigenvalue weighted by molar-refractivity contribution is -0.149. The van der Waals surface area contributed by atoms with E-state index in [-0.39, 0.29) is 85.6 Å². The third-order valence-electron chi connectivity index (χ3n) is 13.6. The molecule has 1 aromatic carbocycles. The molecule has 1 unspecified atom stereocenters. The highest BCUT2D eigenvalue weighted by atomic mass is 16.6. The van der Waals surface area contributed by atoms with Crippen molar-refractivity contribution in [2.45, 2.75) is 157 Å². The summed E-state index contributed by atoms with van der Waals surface area (Å²) in [5, 5.41) is 0. The molecule has 0 radical (unpaired) electrons. The van der Waals surface area contributed by atoms with E-state index in [0.29, 0.717) is 13.0 Å². The lowest BCUT2D eigenvalue weighted by Gasteiger charge is -2.41. The molecule has 0 saturated carbocycles. The van der Waals surface area contributed by atoms with Crippen LogP contribution in [0.5, 0.6) is 0 Å². The molecule has 15 nitrogen and oxygen atoms in total. The van der Waals surface area contributed by atoms with Crippen molar-refractivity contribution in [3.8, 4) is 0 Å². The normalized spacial score (nSPS) is 18.3. The van der Waals surface area contributed by atoms with Crippen LogP contribution in [0.15, 0.2) is 30.3 Å². The van der Waals surface area contributed by atoms with Crippen LogP contribution in [-0.4, -0.2) is 165 Å². The number of Topliss-reactive ketones (excluding diaryl/α,β-unsaturated/α-hetero) is 2. The van der Waals surface area contributed by atoms with Crippen LogP contribution in [0.2, 0.25) is 0 Å². The first kappa shape index (κ1) is 59.0. The molecule has 0 aliphatic carbocycles. The molecule has 1 aliphatic rings. The molecule has 0 bridgehead atoms. The predicted molar refractivity (Wildman–Crippen MR) is 262 cm³/mol. The van der Waals surface area contributed by atoms with Gasteiger partial charge in [0, 0.05) is 85.6 Å². The van der Waals surface area contributed by atoms with Crippen LogP contribution >= 0.6 is 0 Å². The molecule has 0 spiro atoms. The number of ketones is 2. The minimum Gasteiger partial charge on any atom is -0.444 e. The maximum atomic E-state index is 14.5. The fourth-order valence-electron chi connectivity index (χ4n) is 9.59. The van der Waals surface area contributed by atoms with Gasteiger partial charge in [0.15, 0.2) is 5.78 Å². The molecule has 67 heavy (non-hydrogen) atoms. The van der Waals surface area contributed by atoms with E-state index >= 15 is 0 Å². The fraction of sp³-hybridized carbons (Fsp3) is 0.769. The lowest BCUT2D eigenvalue weighted by Crippen LogP contribution is -2.54. The Morgan fingerprint density at radius 2 is 1.33 bits per heavy atom. The van der Waals surface area contributed by atoms with Gasteiger partial charge in [-0.3, -0.25) is 24.1 Å². The highest BCUT2D eigenvalue weighted by Gasteiger charge is 2.43. The number of rotatable bonds is 26. The van der Waals surface area contributed by atoms with Gasteiger partial charge in [0.1, 0.15) is 17.5 Å². The van der Waals surface area contributed by atoms with E-state index in [4.69, 9.17) is 18.9 Å². The number of hydrogen-bond acceptors (Lipinski definition) is 11. The van der Waals surface area contributed by atoms with Crippen LogP contribution in [0.3, 0.4) is 0 Å². The summed E-state index contributed by atoms with van der Waals surface area (Å²) in [7, 11) is 11.9. The summed E-state index contributed by atoms with van der Waals surface area (Å²) in [5.74, 6) is -1.90. The number of methoxy groups -OCH3 is 2. The fourth-order valence-corrected chi connectivity index (χ4v) is 9.59. The second-order valence-corrected chi connectivity index (χ2v) is 20.9. The van der Waals surface area contributed by atoms with Crippen molar-refractivity contribution < 1.29 is 47.7 Å². The second-order valence-electron chi connectivity index (χ2n) is 20.9. The Morgan fingerprint density at radius 3 is 1.82 bits per heavy atom. The summed E-state index contributed by atoms with van der Waals surface area (Å²) >= 11 is 0. The Morgan fingerprint density at radius 1 is 0.746 bits per heavy atom. The van der Waals surface area contributed by atoms with Crippen LogP contribution in [-0.2, 0) is 38.1 Å². The highest BCUT2D eigenvalue weighted by Crippen LogP contribution is 2.34. The van der Waals surface area contributed by atoms with E-state index in [0.717, 1.165) is 18.4 Å². The van der Waals surface area contributed by atoms with Gasteiger partial charge in [0.25, 0.3) is 0 Å². The Balaban J connectivity index is 2.27. The lowest BCUT2D eigenvalue weighted by atomic mass is 9.83. The SMILES string of the molecule is CC[C@H](C)[C@@H](C(CC(=O)N1CCC[C@H]1[C@H](OC)[C@@H](C)C(=O)C[C@H](C)[C@@H](OC(=O)N(C)CCN(C)C(=O)OC(C)(C)C)c1ccccc1)OC)N(C)C(=O)[C@@H](CC(=O)[C@H](C(C)C)N(C)C)C(C)C. The number of likely N-dealkylation sites (tertiary alicyclic amines) is 1. The predicted octanol–water partition coefficient (Wildman–Crippen LogP) is 8.00. The van der Waals surface area contributed by atoms with Crippen molar-refractivity contribution in [2.75, 3.05) is 69.1 Å². The van der Waals surface area contributed by atoms with Crippen molar-refractivity contribution in [2.24, 2.45) is 35.5 Å². The third-order valence-corrected chi connectivity index (χ3v) is 13.6. The van der Waals surface area contributed by atoms with E-state index in [1.165, 1.54) is 9.80 Å². The van der Waals surface area contributed by atoms with Gasteiger partial charge in [-0.2, -0.15) is 0 Å². The van der Waals surface area contributed by atoms with Gasteiger partial charge in [0.05, 0.1) is 36.8 Å². The van der Waals surface area contributed by atoms with E-state index < -0.39 is 59.9 Å². The smallest absolute Gasteiger partial charge is 0.410 e. The molecule has 0 N–H and O–H groups in total. The monoisotopic (exact) mass is 944 g/mol. The maximum absolute atomic E-state index is 14.5. The standard InChI is InChI=1S/C52H89N5O10/c1-19-35(6)46(56(16)49(61)39(33(2)3)31-42(59)45(34(4)5)53(12)13)43(64-17)32-44(60)57-27-23-26-40(57)48(65-18)37(8)41(58)30-36(7)47(38-24-21-20-22-25-38)66-50(62)54(14)28-29-55(15)51(63)67-52(9,10)11/h20-22,24-25,33-37,39-40,43,45-48H,19,23,26-32H2,1-18H3/t35-,36-,37-,39-,40-,43?,45-,46-,47+,48+/m0/s1. The summed E-state index contributed by atoms with van der Waals surface area (Å²) in [5.41, 5.74) is 0.0899. The minimum atomic E-state index is -0.748. The second kappa shape index (κ2) is 27.2. The van der Waals surface area contributed by atoms with Gasteiger partial charge in [-0.15, -0.1) is 0 Å². The van der Waals surface area contributed by atoms with Crippen LogP contribution in [0.25, 0.3) is 0 Å². The molecule has 1 fully saturated rings. The average molecular weight is 944 g/mol. The van der Waals surface area contributed by atoms with Crippen molar-refractivity contribution >= 4 is 35.6 Å². The maximum Gasteiger partial charge on any atom is 0.410 e. The van der Waals surface area contributed by atoms with Crippen molar-refractivity contribution in [1.82, 2.24) is 24.5 Å². The third kappa shape index (κ3) is 17.1. The number of ether oxygens (including phenoxy) is 4. The van der Waals surface area contributed by atoms with Crippen LogP contribution < -0.4 is 0 Å². The zero-order valence-corrected chi connectivity index (χ0v) is 44.5.